The molecule has 4 rings (SSSR count). The Bertz CT molecular complexity index is 941. The molecule has 3 aromatic rings. The Balaban J connectivity index is 1.61. The molecule has 0 N–H and O–H groups in total. The first kappa shape index (κ1) is 16.2. The number of aromatic nitrogens is 3. The van der Waals surface area contributed by atoms with E-state index in [1.807, 2.05) is 30.1 Å². The zero-order valence-electron chi connectivity index (χ0n) is 13.6. The minimum Gasteiger partial charge on any atom is -0.328 e. The summed E-state index contributed by atoms with van der Waals surface area (Å²) in [5, 5.41) is 11.5. The van der Waals surface area contributed by atoms with Crippen LogP contribution in [-0.2, 0) is 7.05 Å². The predicted molar refractivity (Wildman–Crippen MR) is 98.5 cm³/mol. The van der Waals surface area contributed by atoms with E-state index in [0.717, 1.165) is 27.7 Å². The maximum Gasteiger partial charge on any atom is 0.109 e. The second kappa shape index (κ2) is 6.55. The molecule has 0 saturated heterocycles. The summed E-state index contributed by atoms with van der Waals surface area (Å²) in [7, 11) is 1.98. The fourth-order valence-electron chi connectivity index (χ4n) is 2.85. The minimum atomic E-state index is 0.183. The molecule has 0 unspecified atom stereocenters. The highest BCUT2D eigenvalue weighted by Crippen LogP contribution is 2.47. The third-order valence-electron chi connectivity index (χ3n) is 4.35. The summed E-state index contributed by atoms with van der Waals surface area (Å²) in [4.78, 5) is 8.91. The topological polar surface area (TPSA) is 54.5 Å². The first-order valence-electron chi connectivity index (χ1n) is 7.96. The number of hydrogen-bond donors (Lipinski definition) is 0. The lowest BCUT2D eigenvalue weighted by Crippen LogP contribution is -1.91. The Labute approximate surface area is 155 Å². The quantitative estimate of drug-likeness (QED) is 0.658. The van der Waals surface area contributed by atoms with Crippen molar-refractivity contribution in [2.75, 3.05) is 0 Å². The van der Waals surface area contributed by atoms with E-state index in [0.29, 0.717) is 10.9 Å². The standard InChI is InChI=1S/C19H15ClN4S/c1-24-11-23-18(19(24)25-17-7-6-15(20)10-22-17)13-4-2-12(3-5-13)16-8-14(16)9-21/h2-7,10-11,14,16H,8H2,1H3/t14-,16-/m0/s1. The van der Waals surface area contributed by atoms with Crippen LogP contribution in [0.15, 0.2) is 59.0 Å². The number of aryl methyl sites for hydroxylation is 1. The van der Waals surface area contributed by atoms with Crippen molar-refractivity contribution in [2.24, 2.45) is 13.0 Å². The van der Waals surface area contributed by atoms with E-state index >= 15 is 0 Å². The molecule has 0 bridgehead atoms. The maximum absolute atomic E-state index is 8.99. The Morgan fingerprint density at radius 2 is 2.00 bits per heavy atom. The van der Waals surface area contributed by atoms with Crippen molar-refractivity contribution in [2.45, 2.75) is 22.4 Å². The van der Waals surface area contributed by atoms with Gasteiger partial charge in [-0.15, -0.1) is 0 Å². The van der Waals surface area contributed by atoms with Crippen molar-refractivity contribution in [3.05, 3.63) is 59.5 Å². The van der Waals surface area contributed by atoms with Gasteiger partial charge in [-0.3, -0.25) is 0 Å². The van der Waals surface area contributed by atoms with Gasteiger partial charge in [0.05, 0.1) is 23.3 Å². The zero-order valence-corrected chi connectivity index (χ0v) is 15.1. The molecule has 124 valence electrons. The molecule has 0 amide bonds. The first-order valence-corrected chi connectivity index (χ1v) is 9.16. The lowest BCUT2D eigenvalue weighted by molar-refractivity contribution is 0.824. The van der Waals surface area contributed by atoms with E-state index in [1.54, 1.807) is 18.0 Å². The highest BCUT2D eigenvalue weighted by molar-refractivity contribution is 7.99. The van der Waals surface area contributed by atoms with Gasteiger partial charge in [-0.05, 0) is 35.9 Å². The van der Waals surface area contributed by atoms with Gasteiger partial charge < -0.3 is 4.57 Å². The van der Waals surface area contributed by atoms with Gasteiger partial charge in [-0.25, -0.2) is 9.97 Å². The first-order chi connectivity index (χ1) is 12.2. The maximum atomic E-state index is 8.99. The highest BCUT2D eigenvalue weighted by atomic mass is 35.5. The van der Waals surface area contributed by atoms with Gasteiger partial charge in [-0.2, -0.15) is 5.26 Å². The van der Waals surface area contributed by atoms with Gasteiger partial charge in [0.25, 0.3) is 0 Å². The molecule has 25 heavy (non-hydrogen) atoms. The van der Waals surface area contributed by atoms with Crippen LogP contribution in [0.4, 0.5) is 0 Å². The van der Waals surface area contributed by atoms with Gasteiger partial charge in [0.15, 0.2) is 0 Å². The third-order valence-corrected chi connectivity index (χ3v) is 5.70. The number of benzene rings is 1. The van der Waals surface area contributed by atoms with Crippen LogP contribution in [0.3, 0.4) is 0 Å². The molecule has 2 atom stereocenters. The Kier molecular flexibility index (Phi) is 4.24. The normalized spacial score (nSPS) is 18.8. The van der Waals surface area contributed by atoms with Crippen LogP contribution in [0.5, 0.6) is 0 Å². The number of imidazole rings is 1. The molecule has 0 spiro atoms. The van der Waals surface area contributed by atoms with E-state index < -0.39 is 0 Å². The Morgan fingerprint density at radius 3 is 2.64 bits per heavy atom. The number of hydrogen-bond acceptors (Lipinski definition) is 4. The fraction of sp³-hybridized carbons (Fsp3) is 0.211. The van der Waals surface area contributed by atoms with Crippen LogP contribution >= 0.6 is 23.4 Å². The van der Waals surface area contributed by atoms with E-state index in [9.17, 15) is 0 Å². The zero-order chi connectivity index (χ0) is 17.4. The molecule has 0 aliphatic heterocycles. The predicted octanol–water partition coefficient (Wildman–Crippen LogP) is 4.91. The van der Waals surface area contributed by atoms with E-state index in [2.05, 4.69) is 40.3 Å². The molecule has 0 radical (unpaired) electrons. The number of nitriles is 1. The summed E-state index contributed by atoms with van der Waals surface area (Å²) in [6.07, 6.45) is 4.44. The summed E-state index contributed by atoms with van der Waals surface area (Å²) in [5.41, 5.74) is 3.23. The van der Waals surface area contributed by atoms with Crippen molar-refractivity contribution in [3.63, 3.8) is 0 Å². The average molecular weight is 367 g/mol. The molecule has 1 aliphatic carbocycles. The molecule has 4 nitrogen and oxygen atoms in total. The molecular formula is C19H15ClN4S. The molecule has 2 aromatic heterocycles. The second-order valence-electron chi connectivity index (χ2n) is 6.13. The van der Waals surface area contributed by atoms with E-state index in [4.69, 9.17) is 16.9 Å². The van der Waals surface area contributed by atoms with Crippen LogP contribution in [-0.4, -0.2) is 14.5 Å². The van der Waals surface area contributed by atoms with Gasteiger partial charge in [-0.1, -0.05) is 35.9 Å². The number of pyridine rings is 1. The van der Waals surface area contributed by atoms with Gasteiger partial charge in [0.2, 0.25) is 0 Å². The summed E-state index contributed by atoms with van der Waals surface area (Å²) in [6.45, 7) is 0. The molecule has 1 saturated carbocycles. The smallest absolute Gasteiger partial charge is 0.109 e. The lowest BCUT2D eigenvalue weighted by atomic mass is 10.1. The number of halogens is 1. The molecular weight excluding hydrogens is 352 g/mol. The second-order valence-corrected chi connectivity index (χ2v) is 7.57. The number of rotatable bonds is 4. The Morgan fingerprint density at radius 1 is 1.20 bits per heavy atom. The van der Waals surface area contributed by atoms with Crippen molar-refractivity contribution >= 4 is 23.4 Å². The molecule has 1 aromatic carbocycles. The summed E-state index contributed by atoms with van der Waals surface area (Å²) in [5.74, 6) is 0.581. The van der Waals surface area contributed by atoms with Crippen molar-refractivity contribution < 1.29 is 0 Å². The monoisotopic (exact) mass is 366 g/mol. The molecule has 1 aliphatic rings. The van der Waals surface area contributed by atoms with Crippen molar-refractivity contribution in [3.8, 4) is 17.3 Å². The van der Waals surface area contributed by atoms with Crippen LogP contribution in [0.2, 0.25) is 5.02 Å². The molecule has 2 heterocycles. The average Bonchev–Trinajstić information content (AvgIpc) is 3.35. The fourth-order valence-corrected chi connectivity index (χ4v) is 3.86. The van der Waals surface area contributed by atoms with Crippen LogP contribution in [0, 0.1) is 17.2 Å². The summed E-state index contributed by atoms with van der Waals surface area (Å²) < 4.78 is 2.00. The SMILES string of the molecule is Cn1cnc(-c2ccc([C@@H]3C[C@H]3C#N)cc2)c1Sc1ccc(Cl)cn1. The third kappa shape index (κ3) is 3.28. The van der Waals surface area contributed by atoms with Crippen molar-refractivity contribution in [1.82, 2.24) is 14.5 Å². The molecule has 6 heteroatoms. The van der Waals surface area contributed by atoms with Gasteiger partial charge >= 0.3 is 0 Å². The minimum absolute atomic E-state index is 0.183. The van der Waals surface area contributed by atoms with E-state index in [-0.39, 0.29) is 5.92 Å². The summed E-state index contributed by atoms with van der Waals surface area (Å²) >= 11 is 7.47. The van der Waals surface area contributed by atoms with Crippen LogP contribution < -0.4 is 0 Å². The van der Waals surface area contributed by atoms with Crippen LogP contribution in [0.1, 0.15) is 17.9 Å². The van der Waals surface area contributed by atoms with Gasteiger partial charge in [0.1, 0.15) is 15.7 Å². The molecule has 1 fully saturated rings. The summed E-state index contributed by atoms with van der Waals surface area (Å²) in [6, 6.07) is 14.5. The largest absolute Gasteiger partial charge is 0.328 e. The number of nitrogens with zero attached hydrogens (tertiary/aromatic N) is 4. The van der Waals surface area contributed by atoms with Gasteiger partial charge in [0, 0.05) is 24.7 Å². The Hall–Kier alpha value is -2.29. The van der Waals surface area contributed by atoms with Crippen molar-refractivity contribution in [1.29, 1.82) is 5.26 Å². The highest BCUT2D eigenvalue weighted by Gasteiger charge is 2.38. The van der Waals surface area contributed by atoms with Crippen LogP contribution in [0.25, 0.3) is 11.3 Å². The van der Waals surface area contributed by atoms with E-state index in [1.165, 1.54) is 5.56 Å². The lowest BCUT2D eigenvalue weighted by Gasteiger charge is -2.06.